The lowest BCUT2D eigenvalue weighted by molar-refractivity contribution is 0.0595. The van der Waals surface area contributed by atoms with Gasteiger partial charge >= 0.3 is 5.97 Å². The zero-order valence-electron chi connectivity index (χ0n) is 8.20. The first-order valence-corrected chi connectivity index (χ1v) is 5.23. The number of carbonyl (C=O) groups excluding carboxylic acids is 1. The third-order valence-electron chi connectivity index (χ3n) is 1.84. The Labute approximate surface area is 90.8 Å². The van der Waals surface area contributed by atoms with Gasteiger partial charge in [-0.1, -0.05) is 0 Å². The van der Waals surface area contributed by atoms with Crippen LogP contribution in [-0.4, -0.2) is 19.3 Å². The lowest BCUT2D eigenvalue weighted by atomic mass is 10.1. The van der Waals surface area contributed by atoms with Crippen molar-refractivity contribution < 1.29 is 13.9 Å². The highest BCUT2D eigenvalue weighted by Gasteiger charge is 2.18. The second-order valence-electron chi connectivity index (χ2n) is 2.61. The largest absolute Gasteiger partial charge is 0.465 e. The summed E-state index contributed by atoms with van der Waals surface area (Å²) in [6.07, 6.45) is 1.73. The molecule has 15 heavy (non-hydrogen) atoms. The van der Waals surface area contributed by atoms with Gasteiger partial charge in [-0.3, -0.25) is 0 Å². The second-order valence-corrected chi connectivity index (χ2v) is 3.46. The molecule has 0 bridgehead atoms. The molecule has 1 aromatic rings. The highest BCUT2D eigenvalue weighted by atomic mass is 32.2. The van der Waals surface area contributed by atoms with Crippen LogP contribution in [0.25, 0.3) is 0 Å². The lowest BCUT2D eigenvalue weighted by Gasteiger charge is -2.05. The van der Waals surface area contributed by atoms with E-state index in [-0.39, 0.29) is 11.1 Å². The van der Waals surface area contributed by atoms with Crippen LogP contribution in [0.2, 0.25) is 0 Å². The number of benzene rings is 1. The van der Waals surface area contributed by atoms with Crippen LogP contribution in [0, 0.1) is 17.1 Å². The number of halogens is 1. The molecule has 0 saturated carbocycles. The van der Waals surface area contributed by atoms with Crippen molar-refractivity contribution >= 4 is 17.7 Å². The average molecular weight is 225 g/mol. The Morgan fingerprint density at radius 2 is 2.27 bits per heavy atom. The number of ether oxygens (including phenoxy) is 1. The van der Waals surface area contributed by atoms with Gasteiger partial charge in [0.25, 0.3) is 0 Å². The van der Waals surface area contributed by atoms with E-state index >= 15 is 0 Å². The number of nitrogens with zero attached hydrogens (tertiary/aromatic N) is 1. The van der Waals surface area contributed by atoms with Gasteiger partial charge in [0.15, 0.2) is 5.82 Å². The monoisotopic (exact) mass is 225 g/mol. The summed E-state index contributed by atoms with van der Waals surface area (Å²) in [5, 5.41) is 8.75. The predicted octanol–water partition coefficient (Wildman–Crippen LogP) is 2.21. The fraction of sp³-hybridized carbons (Fsp3) is 0.200. The van der Waals surface area contributed by atoms with Gasteiger partial charge in [-0.2, -0.15) is 5.26 Å². The van der Waals surface area contributed by atoms with E-state index in [4.69, 9.17) is 5.26 Å². The van der Waals surface area contributed by atoms with Gasteiger partial charge in [-0.25, -0.2) is 9.18 Å². The Bertz CT molecular complexity index is 440. The molecular formula is C10H8FNO2S. The SMILES string of the molecule is COC(=O)c1ccc(SC)c(C#N)c1F. The molecule has 3 nitrogen and oxygen atoms in total. The zero-order valence-corrected chi connectivity index (χ0v) is 9.02. The van der Waals surface area contributed by atoms with Gasteiger partial charge in [-0.05, 0) is 18.4 Å². The summed E-state index contributed by atoms with van der Waals surface area (Å²) in [6.45, 7) is 0. The molecule has 0 aliphatic heterocycles. The summed E-state index contributed by atoms with van der Waals surface area (Å²) in [7, 11) is 1.16. The zero-order chi connectivity index (χ0) is 11.4. The van der Waals surface area contributed by atoms with Gasteiger partial charge < -0.3 is 4.74 Å². The first-order chi connectivity index (χ1) is 7.15. The summed E-state index contributed by atoms with van der Waals surface area (Å²) < 4.78 is 18.0. The Morgan fingerprint density at radius 3 is 2.73 bits per heavy atom. The van der Waals surface area contributed by atoms with Crippen molar-refractivity contribution in [1.29, 1.82) is 5.26 Å². The number of methoxy groups -OCH3 is 1. The van der Waals surface area contributed by atoms with Crippen molar-refractivity contribution in [3.63, 3.8) is 0 Å². The van der Waals surface area contributed by atoms with Crippen molar-refractivity contribution in [3.8, 4) is 6.07 Å². The normalized spacial score (nSPS) is 9.47. The van der Waals surface area contributed by atoms with Gasteiger partial charge in [-0.15, -0.1) is 11.8 Å². The van der Waals surface area contributed by atoms with Crippen LogP contribution in [0.3, 0.4) is 0 Å². The maximum Gasteiger partial charge on any atom is 0.340 e. The number of thioether (sulfide) groups is 1. The Kier molecular flexibility index (Phi) is 3.69. The predicted molar refractivity (Wildman–Crippen MR) is 54.2 cm³/mol. The van der Waals surface area contributed by atoms with Crippen LogP contribution < -0.4 is 0 Å². The van der Waals surface area contributed by atoms with E-state index in [0.717, 1.165) is 7.11 Å². The smallest absolute Gasteiger partial charge is 0.340 e. The highest BCUT2D eigenvalue weighted by molar-refractivity contribution is 7.98. The molecule has 0 aliphatic rings. The molecule has 1 aromatic carbocycles. The van der Waals surface area contributed by atoms with Gasteiger partial charge in [0.05, 0.1) is 12.7 Å². The molecule has 0 aromatic heterocycles. The molecule has 1 rings (SSSR count). The minimum Gasteiger partial charge on any atom is -0.465 e. The molecule has 0 atom stereocenters. The fourth-order valence-electron chi connectivity index (χ4n) is 1.10. The first kappa shape index (κ1) is 11.5. The summed E-state index contributed by atoms with van der Waals surface area (Å²) >= 11 is 1.25. The van der Waals surface area contributed by atoms with Crippen molar-refractivity contribution in [2.24, 2.45) is 0 Å². The first-order valence-electron chi connectivity index (χ1n) is 4.00. The molecule has 0 fully saturated rings. The third-order valence-corrected chi connectivity index (χ3v) is 2.62. The summed E-state index contributed by atoms with van der Waals surface area (Å²) in [4.78, 5) is 11.6. The molecule has 5 heteroatoms. The van der Waals surface area contributed by atoms with Gasteiger partial charge in [0.2, 0.25) is 0 Å². The Morgan fingerprint density at radius 1 is 1.60 bits per heavy atom. The van der Waals surface area contributed by atoms with Crippen LogP contribution in [0.5, 0.6) is 0 Å². The minimum atomic E-state index is -0.823. The van der Waals surface area contributed by atoms with Crippen molar-refractivity contribution in [2.75, 3.05) is 13.4 Å². The van der Waals surface area contributed by atoms with E-state index in [1.165, 1.54) is 23.9 Å². The topological polar surface area (TPSA) is 50.1 Å². The van der Waals surface area contributed by atoms with E-state index < -0.39 is 11.8 Å². The summed E-state index contributed by atoms with van der Waals surface area (Å²) in [5.41, 5.74) is -0.336. The quantitative estimate of drug-likeness (QED) is 0.572. The van der Waals surface area contributed by atoms with Crippen molar-refractivity contribution in [2.45, 2.75) is 4.90 Å². The molecule has 0 radical (unpaired) electrons. The molecule has 0 spiro atoms. The van der Waals surface area contributed by atoms with Crippen molar-refractivity contribution in [3.05, 3.63) is 29.1 Å². The lowest BCUT2D eigenvalue weighted by Crippen LogP contribution is -2.06. The number of rotatable bonds is 2. The second kappa shape index (κ2) is 4.80. The molecule has 0 N–H and O–H groups in total. The number of hydrogen-bond donors (Lipinski definition) is 0. The Balaban J connectivity index is 3.37. The van der Waals surface area contributed by atoms with E-state index in [1.807, 2.05) is 0 Å². The number of hydrogen-bond acceptors (Lipinski definition) is 4. The molecule has 0 unspecified atom stereocenters. The van der Waals surface area contributed by atoms with E-state index in [2.05, 4.69) is 4.74 Å². The number of esters is 1. The molecule has 0 heterocycles. The molecule has 0 amide bonds. The summed E-state index contributed by atoms with van der Waals surface area (Å²) in [5.74, 6) is -1.60. The van der Waals surface area contributed by atoms with Crippen LogP contribution in [0.15, 0.2) is 17.0 Å². The van der Waals surface area contributed by atoms with Crippen molar-refractivity contribution in [1.82, 2.24) is 0 Å². The van der Waals surface area contributed by atoms with E-state index in [0.29, 0.717) is 4.90 Å². The van der Waals surface area contributed by atoms with E-state index in [1.54, 1.807) is 12.3 Å². The number of nitriles is 1. The standard InChI is InChI=1S/C10H8FNO2S/c1-14-10(13)6-3-4-8(15-2)7(5-12)9(6)11/h3-4H,1-2H3. The molecule has 0 saturated heterocycles. The van der Waals surface area contributed by atoms with Crippen LogP contribution >= 0.6 is 11.8 Å². The molecule has 78 valence electrons. The maximum absolute atomic E-state index is 13.6. The van der Waals surface area contributed by atoms with Crippen LogP contribution in [0.4, 0.5) is 4.39 Å². The summed E-state index contributed by atoms with van der Waals surface area (Å²) in [6, 6.07) is 4.57. The van der Waals surface area contributed by atoms with Crippen LogP contribution in [-0.2, 0) is 4.74 Å². The minimum absolute atomic E-state index is 0.120. The van der Waals surface area contributed by atoms with Gasteiger partial charge in [0, 0.05) is 4.90 Å². The molecular weight excluding hydrogens is 217 g/mol. The maximum atomic E-state index is 13.6. The van der Waals surface area contributed by atoms with E-state index in [9.17, 15) is 9.18 Å². The molecule has 0 aliphatic carbocycles. The number of carbonyl (C=O) groups is 1. The Hall–Kier alpha value is -1.54. The average Bonchev–Trinajstić information content (AvgIpc) is 2.27. The van der Waals surface area contributed by atoms with Crippen LogP contribution in [0.1, 0.15) is 15.9 Å². The highest BCUT2D eigenvalue weighted by Crippen LogP contribution is 2.24. The van der Waals surface area contributed by atoms with Gasteiger partial charge in [0.1, 0.15) is 11.6 Å². The fourth-order valence-corrected chi connectivity index (χ4v) is 1.64. The third kappa shape index (κ3) is 2.10.